The van der Waals surface area contributed by atoms with Crippen LogP contribution in [0.2, 0.25) is 0 Å². The molecule has 14 nitrogen and oxygen atoms in total. The third-order valence-electron chi connectivity index (χ3n) is 5.92. The third kappa shape index (κ3) is 5.89. The van der Waals surface area contributed by atoms with Gasteiger partial charge in [0.15, 0.2) is 11.2 Å². The van der Waals surface area contributed by atoms with Gasteiger partial charge in [-0.05, 0) is 18.6 Å². The number of nitrogen functional groups attached to an aromatic ring is 1. The Morgan fingerprint density at radius 3 is 2.70 bits per heavy atom. The van der Waals surface area contributed by atoms with Crippen molar-refractivity contribution in [1.29, 1.82) is 0 Å². The number of rotatable bonds is 11. The topological polar surface area (TPSA) is 203 Å². The van der Waals surface area contributed by atoms with Crippen LogP contribution in [0, 0.1) is 0 Å². The van der Waals surface area contributed by atoms with Gasteiger partial charge in [0.05, 0.1) is 20.6 Å². The zero-order valence-corrected chi connectivity index (χ0v) is 21.7. The van der Waals surface area contributed by atoms with Crippen LogP contribution in [-0.4, -0.2) is 104 Å². The summed E-state index contributed by atoms with van der Waals surface area (Å²) in [5.74, 6) is -3.29. The lowest BCUT2D eigenvalue weighted by molar-refractivity contribution is -0.898. The van der Waals surface area contributed by atoms with Gasteiger partial charge in [-0.15, -0.1) is 11.8 Å². The predicted octanol–water partition coefficient (Wildman–Crippen LogP) is -0.987. The molecule has 37 heavy (non-hydrogen) atoms. The van der Waals surface area contributed by atoms with Crippen molar-refractivity contribution in [2.45, 2.75) is 24.4 Å². The Hall–Kier alpha value is -3.57. The number of β-lactam (4-membered cyclic amide) rings is 1. The number of anilines is 1. The molecule has 3 rings (SSSR count). The summed E-state index contributed by atoms with van der Waals surface area (Å²) in [6.07, 6.45) is 3.33. The molecule has 2 aliphatic rings. The zero-order chi connectivity index (χ0) is 27.5. The van der Waals surface area contributed by atoms with E-state index in [1.54, 1.807) is 19.1 Å². The highest BCUT2D eigenvalue weighted by Gasteiger charge is 2.54. The minimum atomic E-state index is -1.31. The molecule has 0 saturated carbocycles. The highest BCUT2D eigenvalue weighted by molar-refractivity contribution is 8.00. The lowest BCUT2D eigenvalue weighted by atomic mass is 10.0. The molecule has 200 valence electrons. The number of halogens is 1. The molecule has 3 atom stereocenters. The number of nitrogens with one attached hydrogen (secondary N) is 1. The molecule has 0 unspecified atom stereocenters. The second-order valence-corrected chi connectivity index (χ2v) is 10.5. The number of hydrogen-bond donors (Lipinski definition) is 4. The summed E-state index contributed by atoms with van der Waals surface area (Å²) in [5.41, 5.74) is 10.6. The maximum absolute atomic E-state index is 12.9. The van der Waals surface area contributed by atoms with Gasteiger partial charge >= 0.3 is 5.97 Å². The lowest BCUT2D eigenvalue weighted by Crippen LogP contribution is -2.71. The maximum atomic E-state index is 12.9. The van der Waals surface area contributed by atoms with Crippen molar-refractivity contribution < 1.29 is 38.0 Å². The fraction of sp³-hybridized carbons (Fsp3) is 0.450. The van der Waals surface area contributed by atoms with Gasteiger partial charge in [-0.3, -0.25) is 19.3 Å². The summed E-state index contributed by atoms with van der Waals surface area (Å²) in [6, 6.07) is -1.54. The van der Waals surface area contributed by atoms with Gasteiger partial charge in [0.2, 0.25) is 11.5 Å². The second-order valence-electron chi connectivity index (χ2n) is 8.62. The van der Waals surface area contributed by atoms with E-state index >= 15 is 0 Å². The number of thioether (sulfide) groups is 1. The van der Waals surface area contributed by atoms with E-state index in [-0.39, 0.29) is 26.9 Å². The Morgan fingerprint density at radius 1 is 1.43 bits per heavy atom. The van der Waals surface area contributed by atoms with Gasteiger partial charge in [-0.1, -0.05) is 11.2 Å². The number of carboxylic acid groups (broad SMARTS) is 1. The molecule has 6 N–H and O–H groups in total. The minimum absolute atomic E-state index is 0.0348. The zero-order valence-electron chi connectivity index (χ0n) is 20.1. The first-order valence-electron chi connectivity index (χ1n) is 10.7. The summed E-state index contributed by atoms with van der Waals surface area (Å²) in [6.45, 7) is 0.774. The number of carbonyl (C=O) groups excluding carboxylic acids is 3. The molecule has 0 radical (unpaired) electrons. The number of nitrogens with zero attached hydrogens (tertiary/aromatic N) is 5. The monoisotopic (exact) mass is 557 g/mol. The van der Waals surface area contributed by atoms with E-state index in [4.69, 9.17) is 11.5 Å². The number of amides is 3. The number of alkyl halides is 1. The van der Waals surface area contributed by atoms with Crippen molar-refractivity contribution in [3.05, 3.63) is 29.2 Å². The normalized spacial score (nSPS) is 20.9. The van der Waals surface area contributed by atoms with E-state index in [9.17, 15) is 28.7 Å². The predicted molar refractivity (Wildman–Crippen MR) is 132 cm³/mol. The van der Waals surface area contributed by atoms with Crippen LogP contribution in [0.5, 0.6) is 0 Å². The quantitative estimate of drug-likeness (QED) is 0.113. The first-order valence-corrected chi connectivity index (χ1v) is 12.6. The molecule has 1 fully saturated rings. The van der Waals surface area contributed by atoms with Gasteiger partial charge in [0.25, 0.3) is 24.6 Å². The van der Waals surface area contributed by atoms with Crippen molar-refractivity contribution in [3.8, 4) is 0 Å². The van der Waals surface area contributed by atoms with Crippen molar-refractivity contribution >= 4 is 57.8 Å². The van der Waals surface area contributed by atoms with Crippen LogP contribution in [0.25, 0.3) is 0 Å². The van der Waals surface area contributed by atoms with Crippen LogP contribution in [-0.2, 0) is 24.0 Å². The molecule has 3 amide bonds. The Labute approximate surface area is 218 Å². The van der Waals surface area contributed by atoms with Crippen molar-refractivity contribution in [2.24, 2.45) is 10.9 Å². The number of hydrogen-bond acceptors (Lipinski definition) is 11. The fourth-order valence-corrected chi connectivity index (χ4v) is 5.31. The van der Waals surface area contributed by atoms with E-state index in [2.05, 4.69) is 24.7 Å². The number of carboxylic acids is 1. The standard InChI is InChI=1S/C20H25FN8O6S2/c1-9(14(22)30)29(2,3)6-4-5-10-7-36-18-12(17(32)28(18)13(10)19(33)34)24-16(31)11(26-35-8-21)15-25-20(23)37-27-15/h4-5,9,12,18H,6-8H2,1-3H3,(H5-,22,23,24,25,27,30,31,33,34)/p+1/b5-4+,26-11-/t9-,12-,18+/m1/s1. The summed E-state index contributed by atoms with van der Waals surface area (Å²) < 4.78 is 16.6. The lowest BCUT2D eigenvalue weighted by Gasteiger charge is -2.49. The Kier molecular flexibility index (Phi) is 8.49. The number of quaternary nitrogens is 1. The first kappa shape index (κ1) is 28.0. The summed E-state index contributed by atoms with van der Waals surface area (Å²) >= 11 is 2.03. The minimum Gasteiger partial charge on any atom is -0.477 e. The van der Waals surface area contributed by atoms with Crippen LogP contribution in [0.3, 0.4) is 0 Å². The Morgan fingerprint density at radius 2 is 2.14 bits per heavy atom. The number of allylic oxidation sites excluding steroid dienone is 1. The van der Waals surface area contributed by atoms with E-state index in [1.165, 1.54) is 11.8 Å². The van der Waals surface area contributed by atoms with Gasteiger partial charge in [0, 0.05) is 17.3 Å². The molecular formula is C20H26FN8O6S2+. The number of likely N-dealkylation sites (N-methyl/N-ethyl adjacent to an activating group) is 1. The number of aromatic nitrogens is 2. The SMILES string of the molecule is C[C@H](C(N)=O)[N+](C)(C)C/C=C/C1=C(C(=O)O)N2C(=O)[C@@H](NC(=O)/C(=N\OCF)c3nsc(N)n3)[C@@H]2SC1. The average Bonchev–Trinajstić information content (AvgIpc) is 3.27. The highest BCUT2D eigenvalue weighted by Crippen LogP contribution is 2.40. The highest BCUT2D eigenvalue weighted by atomic mass is 32.2. The van der Waals surface area contributed by atoms with Gasteiger partial charge in [0.1, 0.15) is 17.1 Å². The second kappa shape index (κ2) is 11.2. The molecule has 1 aromatic rings. The first-order chi connectivity index (χ1) is 17.4. The van der Waals surface area contributed by atoms with Crippen LogP contribution in [0.1, 0.15) is 12.7 Å². The maximum Gasteiger partial charge on any atom is 0.352 e. The van der Waals surface area contributed by atoms with Crippen LogP contribution < -0.4 is 16.8 Å². The molecule has 1 aromatic heterocycles. The molecule has 3 heterocycles. The number of nitrogens with two attached hydrogens (primary N) is 2. The molecule has 0 bridgehead atoms. The molecule has 2 aliphatic heterocycles. The van der Waals surface area contributed by atoms with Crippen LogP contribution >= 0.6 is 23.3 Å². The van der Waals surface area contributed by atoms with Gasteiger partial charge < -0.3 is 31.2 Å². The number of carbonyl (C=O) groups is 4. The average molecular weight is 558 g/mol. The van der Waals surface area contributed by atoms with E-state index in [0.29, 0.717) is 12.1 Å². The van der Waals surface area contributed by atoms with E-state index in [1.807, 2.05) is 14.1 Å². The number of primary amides is 1. The van der Waals surface area contributed by atoms with Gasteiger partial charge in [-0.25, -0.2) is 9.18 Å². The van der Waals surface area contributed by atoms with Crippen molar-refractivity contribution in [2.75, 3.05) is 39.0 Å². The molecule has 0 aromatic carbocycles. The smallest absolute Gasteiger partial charge is 0.352 e. The Bertz CT molecular complexity index is 1200. The number of aliphatic carboxylic acids is 1. The number of oxime groups is 1. The summed E-state index contributed by atoms with van der Waals surface area (Å²) in [5, 5.41) is 15.0. The van der Waals surface area contributed by atoms with Crippen LogP contribution in [0.15, 0.2) is 28.6 Å². The molecule has 1 saturated heterocycles. The fourth-order valence-electron chi connectivity index (χ4n) is 3.55. The van der Waals surface area contributed by atoms with Crippen LogP contribution in [0.4, 0.5) is 9.52 Å². The van der Waals surface area contributed by atoms with E-state index < -0.39 is 53.7 Å². The van der Waals surface area contributed by atoms with Crippen molar-refractivity contribution in [3.63, 3.8) is 0 Å². The molecular weight excluding hydrogens is 531 g/mol. The largest absolute Gasteiger partial charge is 0.477 e. The number of fused-ring (bicyclic) bond motifs is 1. The third-order valence-corrected chi connectivity index (χ3v) is 7.76. The molecule has 0 spiro atoms. The molecule has 0 aliphatic carbocycles. The summed E-state index contributed by atoms with van der Waals surface area (Å²) in [7, 11) is 3.63. The molecule has 17 heteroatoms. The van der Waals surface area contributed by atoms with Gasteiger partial charge in [-0.2, -0.15) is 9.36 Å². The summed E-state index contributed by atoms with van der Waals surface area (Å²) in [4.78, 5) is 58.5. The van der Waals surface area contributed by atoms with E-state index in [0.717, 1.165) is 16.4 Å². The Balaban J connectivity index is 1.77. The van der Waals surface area contributed by atoms with Crippen molar-refractivity contribution in [1.82, 2.24) is 19.6 Å².